The molecule has 1 rings (SSSR count). The number of aromatic hydroxyl groups is 1. The molecule has 0 bridgehead atoms. The van der Waals surface area contributed by atoms with Gasteiger partial charge in [0.05, 0.1) is 0 Å². The summed E-state index contributed by atoms with van der Waals surface area (Å²) in [5, 5.41) is 9.02. The van der Waals surface area contributed by atoms with Gasteiger partial charge in [-0.2, -0.15) is 0 Å². The Kier molecular flexibility index (Phi) is 4.60. The Morgan fingerprint density at radius 3 is 1.75 bits per heavy atom. The van der Waals surface area contributed by atoms with Crippen molar-refractivity contribution in [3.63, 3.8) is 0 Å². The zero-order chi connectivity index (χ0) is 8.48. The Morgan fingerprint density at radius 1 is 1.00 bits per heavy atom. The van der Waals surface area contributed by atoms with Crippen molar-refractivity contribution in [3.8, 4) is 5.75 Å². The molecule has 0 aliphatic heterocycles. The van der Waals surface area contributed by atoms with E-state index in [2.05, 4.69) is 20.8 Å². The van der Waals surface area contributed by atoms with Crippen LogP contribution in [0.2, 0.25) is 0 Å². The van der Waals surface area contributed by atoms with Crippen molar-refractivity contribution in [2.45, 2.75) is 26.2 Å². The molecule has 0 radical (unpaired) electrons. The van der Waals surface area contributed by atoms with Crippen molar-refractivity contribution in [1.29, 1.82) is 0 Å². The zero-order valence-corrected chi connectivity index (χ0v) is 7.26. The normalized spacial score (nSPS) is 10.6. The number of hydrogen-bond donors (Lipinski definition) is 1. The predicted octanol–water partition coefficient (Wildman–Crippen LogP) is 1.77. The molecule has 0 aliphatic rings. The first-order valence-corrected chi connectivity index (χ1v) is 3.79. The molecule has 0 atom stereocenters. The summed E-state index contributed by atoms with van der Waals surface area (Å²) < 4.78 is 0. The molecular weight excluding hydrogens is 176 g/mol. The van der Waals surface area contributed by atoms with Gasteiger partial charge in [-0.05, 0) is 23.1 Å². The number of benzene rings is 1. The van der Waals surface area contributed by atoms with Gasteiger partial charge in [0.25, 0.3) is 0 Å². The second-order valence-electron chi connectivity index (χ2n) is 3.80. The van der Waals surface area contributed by atoms with Crippen LogP contribution in [0.3, 0.4) is 0 Å². The zero-order valence-electron chi connectivity index (χ0n) is 7.26. The van der Waals surface area contributed by atoms with E-state index >= 15 is 0 Å². The van der Waals surface area contributed by atoms with Crippen LogP contribution in [0.4, 0.5) is 0 Å². The number of hydrogen-bond acceptors (Lipinski definition) is 1. The molecule has 0 spiro atoms. The average molecular weight is 192 g/mol. The van der Waals surface area contributed by atoms with Crippen molar-refractivity contribution in [2.24, 2.45) is 0 Å². The first kappa shape index (κ1) is 12.3. The van der Waals surface area contributed by atoms with Gasteiger partial charge in [0, 0.05) is 0 Å². The first-order valence-electron chi connectivity index (χ1n) is 3.79. The van der Waals surface area contributed by atoms with E-state index in [9.17, 15) is 0 Å². The van der Waals surface area contributed by atoms with Crippen molar-refractivity contribution in [2.75, 3.05) is 0 Å². The third kappa shape index (κ3) is 3.34. The van der Waals surface area contributed by atoms with Gasteiger partial charge >= 0.3 is 37.7 Å². The van der Waals surface area contributed by atoms with Gasteiger partial charge in [-0.3, -0.25) is 0 Å². The standard InChI is InChI=1S/C10H14O.Ca.2H/c1-10(2,3)8-4-6-9(11)7-5-8;;;/h4-7,11H,1-3H3;;;. The van der Waals surface area contributed by atoms with Crippen LogP contribution in [0.1, 0.15) is 26.3 Å². The molecule has 1 aromatic rings. The van der Waals surface area contributed by atoms with Crippen molar-refractivity contribution in [1.82, 2.24) is 0 Å². The quantitative estimate of drug-likeness (QED) is 0.621. The molecule has 0 heterocycles. The minimum atomic E-state index is 0. The fourth-order valence-electron chi connectivity index (χ4n) is 0.961. The topological polar surface area (TPSA) is 20.2 Å². The van der Waals surface area contributed by atoms with E-state index in [1.54, 1.807) is 12.1 Å². The van der Waals surface area contributed by atoms with Crippen LogP contribution in [-0.4, -0.2) is 42.8 Å². The van der Waals surface area contributed by atoms with E-state index in [0.29, 0.717) is 5.75 Å². The SMILES string of the molecule is CC(C)(C)c1ccc(O)cc1.[CaH2]. The van der Waals surface area contributed by atoms with Crippen molar-refractivity contribution < 1.29 is 5.11 Å². The van der Waals surface area contributed by atoms with Gasteiger partial charge in [-0.25, -0.2) is 0 Å². The maximum absolute atomic E-state index is 9.02. The summed E-state index contributed by atoms with van der Waals surface area (Å²) in [6.45, 7) is 6.46. The third-order valence-corrected chi connectivity index (χ3v) is 1.73. The van der Waals surface area contributed by atoms with Crippen LogP contribution >= 0.6 is 0 Å². The Balaban J connectivity index is 0.00000121. The fourth-order valence-corrected chi connectivity index (χ4v) is 0.961. The molecule has 1 aromatic carbocycles. The summed E-state index contributed by atoms with van der Waals surface area (Å²) in [7, 11) is 0. The molecule has 0 amide bonds. The van der Waals surface area contributed by atoms with Gasteiger partial charge in [0.1, 0.15) is 5.75 Å². The van der Waals surface area contributed by atoms with E-state index in [1.807, 2.05) is 12.1 Å². The second-order valence-corrected chi connectivity index (χ2v) is 3.80. The van der Waals surface area contributed by atoms with Gasteiger partial charge in [0.2, 0.25) is 0 Å². The van der Waals surface area contributed by atoms with E-state index in [0.717, 1.165) is 0 Å². The number of phenolic OH excluding ortho intramolecular Hbond substituents is 1. The summed E-state index contributed by atoms with van der Waals surface area (Å²) in [5.41, 5.74) is 1.42. The minimum absolute atomic E-state index is 0. The molecule has 0 aliphatic carbocycles. The molecule has 1 nitrogen and oxygen atoms in total. The Bertz CT molecular complexity index is 233. The van der Waals surface area contributed by atoms with Crippen LogP contribution < -0.4 is 0 Å². The molecule has 2 heteroatoms. The molecule has 0 fully saturated rings. The maximum atomic E-state index is 9.02. The molecular formula is C10H16CaO. The molecule has 1 N–H and O–H groups in total. The van der Waals surface area contributed by atoms with E-state index < -0.39 is 0 Å². The first-order chi connectivity index (χ1) is 5.00. The van der Waals surface area contributed by atoms with E-state index in [-0.39, 0.29) is 43.2 Å². The Hall–Kier alpha value is 0.280. The molecule has 0 saturated heterocycles. The van der Waals surface area contributed by atoms with Crippen LogP contribution in [0.25, 0.3) is 0 Å². The Labute approximate surface area is 104 Å². The van der Waals surface area contributed by atoms with E-state index in [1.165, 1.54) is 5.56 Å². The molecule has 12 heavy (non-hydrogen) atoms. The molecule has 64 valence electrons. The van der Waals surface area contributed by atoms with Crippen molar-refractivity contribution in [3.05, 3.63) is 29.8 Å². The average Bonchev–Trinajstić information content (AvgIpc) is 1.86. The number of phenols is 1. The van der Waals surface area contributed by atoms with Gasteiger partial charge in [-0.15, -0.1) is 0 Å². The summed E-state index contributed by atoms with van der Waals surface area (Å²) in [6.07, 6.45) is 0. The Morgan fingerprint density at radius 2 is 1.42 bits per heavy atom. The van der Waals surface area contributed by atoms with Crippen LogP contribution in [0.15, 0.2) is 24.3 Å². The third-order valence-electron chi connectivity index (χ3n) is 1.73. The van der Waals surface area contributed by atoms with Crippen LogP contribution in [0.5, 0.6) is 5.75 Å². The summed E-state index contributed by atoms with van der Waals surface area (Å²) in [5.74, 6) is 0.331. The van der Waals surface area contributed by atoms with E-state index in [4.69, 9.17) is 5.11 Å². The van der Waals surface area contributed by atoms with Crippen LogP contribution in [0, 0.1) is 0 Å². The predicted molar refractivity (Wildman–Crippen MR) is 55.4 cm³/mol. The van der Waals surface area contributed by atoms with Gasteiger partial charge < -0.3 is 5.11 Å². The summed E-state index contributed by atoms with van der Waals surface area (Å²) in [6, 6.07) is 7.35. The molecule has 0 unspecified atom stereocenters. The molecule has 0 saturated carbocycles. The van der Waals surface area contributed by atoms with Gasteiger partial charge in [0.15, 0.2) is 0 Å². The molecule has 0 aromatic heterocycles. The van der Waals surface area contributed by atoms with Gasteiger partial charge in [-0.1, -0.05) is 32.9 Å². The van der Waals surface area contributed by atoms with Crippen molar-refractivity contribution >= 4 is 37.7 Å². The monoisotopic (exact) mass is 192 g/mol. The summed E-state index contributed by atoms with van der Waals surface area (Å²) >= 11 is 0. The second kappa shape index (κ2) is 4.50. The van der Waals surface area contributed by atoms with Crippen LogP contribution in [-0.2, 0) is 5.41 Å². The fraction of sp³-hybridized carbons (Fsp3) is 0.400. The summed E-state index contributed by atoms with van der Waals surface area (Å²) in [4.78, 5) is 0. The number of rotatable bonds is 0.